The number of anilines is 1. The van der Waals surface area contributed by atoms with E-state index < -0.39 is 0 Å². The summed E-state index contributed by atoms with van der Waals surface area (Å²) in [6.45, 7) is 1.60. The van der Waals surface area contributed by atoms with E-state index in [-0.39, 0.29) is 5.82 Å². The van der Waals surface area contributed by atoms with Crippen LogP contribution in [-0.4, -0.2) is 26.2 Å². The number of aliphatic imine (C=N–C) groups is 1. The first kappa shape index (κ1) is 17.5. The van der Waals surface area contributed by atoms with Gasteiger partial charge in [0.25, 0.3) is 0 Å². The molecule has 132 valence electrons. The first-order valence-electron chi connectivity index (χ1n) is 7.97. The minimum Gasteiger partial charge on any atom is -0.490 e. The van der Waals surface area contributed by atoms with E-state index in [1.807, 2.05) is 18.2 Å². The van der Waals surface area contributed by atoms with Gasteiger partial charge in [-0.15, -0.1) is 0 Å². The molecule has 0 aromatic heterocycles. The van der Waals surface area contributed by atoms with Crippen LogP contribution in [0.2, 0.25) is 0 Å². The number of guanidine groups is 1. The maximum absolute atomic E-state index is 13.8. The fourth-order valence-corrected chi connectivity index (χ4v) is 2.82. The van der Waals surface area contributed by atoms with Crippen molar-refractivity contribution in [1.82, 2.24) is 5.32 Å². The highest BCUT2D eigenvalue weighted by Crippen LogP contribution is 2.32. The normalized spacial score (nSPS) is 14.0. The van der Waals surface area contributed by atoms with Crippen LogP contribution in [0.5, 0.6) is 11.5 Å². The topological polar surface area (TPSA) is 54.9 Å². The molecule has 2 aromatic carbocycles. The molecule has 0 saturated carbocycles. The smallest absolute Gasteiger partial charge is 0.195 e. The van der Waals surface area contributed by atoms with Crippen LogP contribution in [0.4, 0.5) is 10.1 Å². The van der Waals surface area contributed by atoms with Gasteiger partial charge in [0, 0.05) is 41.8 Å². The second-order valence-corrected chi connectivity index (χ2v) is 6.41. The largest absolute Gasteiger partial charge is 0.490 e. The monoisotopic (exact) mass is 407 g/mol. The summed E-state index contributed by atoms with van der Waals surface area (Å²) in [5.41, 5.74) is 1.36. The average Bonchev–Trinajstić information content (AvgIpc) is 2.86. The molecule has 0 saturated heterocycles. The van der Waals surface area contributed by atoms with Crippen LogP contribution >= 0.6 is 15.9 Å². The van der Waals surface area contributed by atoms with Crippen molar-refractivity contribution in [3.8, 4) is 11.5 Å². The molecule has 7 heteroatoms. The van der Waals surface area contributed by atoms with Gasteiger partial charge in [-0.25, -0.2) is 4.39 Å². The van der Waals surface area contributed by atoms with Gasteiger partial charge >= 0.3 is 0 Å². The minimum atomic E-state index is -0.262. The van der Waals surface area contributed by atoms with Crippen molar-refractivity contribution < 1.29 is 13.9 Å². The Hall–Kier alpha value is -2.28. The molecule has 0 spiro atoms. The number of hydrogen-bond acceptors (Lipinski definition) is 3. The lowest BCUT2D eigenvalue weighted by molar-refractivity contribution is 0.297. The molecular weight excluding hydrogens is 389 g/mol. The number of rotatable bonds is 3. The van der Waals surface area contributed by atoms with Crippen LogP contribution in [0.3, 0.4) is 0 Å². The molecule has 1 aliphatic rings. The van der Waals surface area contributed by atoms with Crippen molar-refractivity contribution in [2.75, 3.05) is 25.6 Å². The standard InChI is InChI=1S/C18H19BrFN3O2/c1-21-18(22-11-12-9-13(19)3-5-15(12)20)23-14-4-6-16-17(10-14)25-8-2-7-24-16/h3-6,9-10H,2,7-8,11H2,1H3,(H2,21,22,23). The van der Waals surface area contributed by atoms with Gasteiger partial charge in [0.2, 0.25) is 0 Å². The Bertz CT molecular complexity index is 783. The van der Waals surface area contributed by atoms with E-state index in [1.54, 1.807) is 19.2 Å². The zero-order valence-electron chi connectivity index (χ0n) is 13.8. The number of halogens is 2. The first-order valence-corrected chi connectivity index (χ1v) is 8.76. The molecule has 5 nitrogen and oxygen atoms in total. The fourth-order valence-electron chi connectivity index (χ4n) is 2.41. The van der Waals surface area contributed by atoms with Crippen molar-refractivity contribution >= 4 is 27.6 Å². The third-order valence-electron chi connectivity index (χ3n) is 3.69. The predicted molar refractivity (Wildman–Crippen MR) is 100.0 cm³/mol. The number of hydrogen-bond donors (Lipinski definition) is 2. The third kappa shape index (κ3) is 4.63. The van der Waals surface area contributed by atoms with E-state index >= 15 is 0 Å². The average molecular weight is 408 g/mol. The van der Waals surface area contributed by atoms with E-state index in [9.17, 15) is 4.39 Å². The number of fused-ring (bicyclic) bond motifs is 1. The maximum Gasteiger partial charge on any atom is 0.195 e. The molecule has 0 bridgehead atoms. The van der Waals surface area contributed by atoms with Gasteiger partial charge in [-0.1, -0.05) is 15.9 Å². The Labute approximate surface area is 154 Å². The second-order valence-electron chi connectivity index (χ2n) is 5.50. The lowest BCUT2D eigenvalue weighted by atomic mass is 10.2. The highest BCUT2D eigenvalue weighted by atomic mass is 79.9. The van der Waals surface area contributed by atoms with Gasteiger partial charge in [0.15, 0.2) is 17.5 Å². The van der Waals surface area contributed by atoms with E-state index in [0.717, 1.165) is 22.3 Å². The SMILES string of the molecule is CN=C(NCc1cc(Br)ccc1F)Nc1ccc2c(c1)OCCCO2. The molecule has 1 heterocycles. The van der Waals surface area contributed by atoms with Gasteiger partial charge in [-0.3, -0.25) is 4.99 Å². The molecule has 0 radical (unpaired) electrons. The molecule has 25 heavy (non-hydrogen) atoms. The number of nitrogens with zero attached hydrogens (tertiary/aromatic N) is 1. The highest BCUT2D eigenvalue weighted by Gasteiger charge is 2.11. The van der Waals surface area contributed by atoms with Gasteiger partial charge in [-0.05, 0) is 30.3 Å². The van der Waals surface area contributed by atoms with Crippen molar-refractivity contribution in [2.45, 2.75) is 13.0 Å². The zero-order chi connectivity index (χ0) is 17.6. The van der Waals surface area contributed by atoms with Crippen molar-refractivity contribution in [1.29, 1.82) is 0 Å². The van der Waals surface area contributed by atoms with Crippen LogP contribution < -0.4 is 20.1 Å². The first-order chi connectivity index (χ1) is 12.2. The van der Waals surface area contributed by atoms with Crippen molar-refractivity contribution in [2.24, 2.45) is 4.99 Å². The van der Waals surface area contributed by atoms with Crippen LogP contribution in [0, 0.1) is 5.82 Å². The summed E-state index contributed by atoms with van der Waals surface area (Å²) >= 11 is 3.35. The summed E-state index contributed by atoms with van der Waals surface area (Å²) in [6.07, 6.45) is 0.860. The second kappa shape index (κ2) is 8.20. The molecular formula is C18H19BrFN3O2. The number of nitrogens with one attached hydrogen (secondary N) is 2. The molecule has 2 aromatic rings. The van der Waals surface area contributed by atoms with Gasteiger partial charge in [0.05, 0.1) is 13.2 Å². The third-order valence-corrected chi connectivity index (χ3v) is 4.18. The van der Waals surface area contributed by atoms with E-state index in [1.165, 1.54) is 6.07 Å². The minimum absolute atomic E-state index is 0.262. The molecule has 0 fully saturated rings. The molecule has 0 amide bonds. The Balaban J connectivity index is 1.66. The van der Waals surface area contributed by atoms with Gasteiger partial charge < -0.3 is 20.1 Å². The summed E-state index contributed by atoms with van der Waals surface area (Å²) in [5.74, 6) is 1.72. The zero-order valence-corrected chi connectivity index (χ0v) is 15.4. The Morgan fingerprint density at radius 2 is 1.96 bits per heavy atom. The van der Waals surface area contributed by atoms with E-state index in [2.05, 4.69) is 31.6 Å². The van der Waals surface area contributed by atoms with Crippen LogP contribution in [0.1, 0.15) is 12.0 Å². The summed E-state index contributed by atoms with van der Waals surface area (Å²) < 4.78 is 26.0. The van der Waals surface area contributed by atoms with Gasteiger partial charge in [-0.2, -0.15) is 0 Å². The van der Waals surface area contributed by atoms with Gasteiger partial charge in [0.1, 0.15) is 5.82 Å². The summed E-state index contributed by atoms with van der Waals surface area (Å²) in [4.78, 5) is 4.17. The maximum atomic E-state index is 13.8. The molecule has 0 atom stereocenters. The quantitative estimate of drug-likeness (QED) is 0.597. The molecule has 0 aliphatic carbocycles. The highest BCUT2D eigenvalue weighted by molar-refractivity contribution is 9.10. The molecule has 2 N–H and O–H groups in total. The van der Waals surface area contributed by atoms with E-state index in [0.29, 0.717) is 37.0 Å². The lowest BCUT2D eigenvalue weighted by Gasteiger charge is -2.14. The summed E-state index contributed by atoms with van der Waals surface area (Å²) in [7, 11) is 1.66. The Morgan fingerprint density at radius 3 is 2.76 bits per heavy atom. The summed E-state index contributed by atoms with van der Waals surface area (Å²) in [6, 6.07) is 10.5. The number of benzene rings is 2. The Kier molecular flexibility index (Phi) is 5.75. The number of ether oxygens (including phenoxy) is 2. The predicted octanol–water partition coefficient (Wildman–Crippen LogP) is 3.94. The van der Waals surface area contributed by atoms with Crippen LogP contribution in [-0.2, 0) is 6.54 Å². The molecule has 1 aliphatic heterocycles. The fraction of sp³-hybridized carbons (Fsp3) is 0.278. The van der Waals surface area contributed by atoms with Crippen molar-refractivity contribution in [3.63, 3.8) is 0 Å². The molecule has 3 rings (SSSR count). The lowest BCUT2D eigenvalue weighted by Crippen LogP contribution is -2.30. The summed E-state index contributed by atoms with van der Waals surface area (Å²) in [5, 5.41) is 6.27. The molecule has 0 unspecified atom stereocenters. The van der Waals surface area contributed by atoms with Crippen molar-refractivity contribution in [3.05, 3.63) is 52.3 Å². The van der Waals surface area contributed by atoms with Crippen LogP contribution in [0.15, 0.2) is 45.9 Å². The van der Waals surface area contributed by atoms with E-state index in [4.69, 9.17) is 9.47 Å². The van der Waals surface area contributed by atoms with Crippen LogP contribution in [0.25, 0.3) is 0 Å². The Morgan fingerprint density at radius 1 is 1.16 bits per heavy atom.